The van der Waals surface area contributed by atoms with E-state index in [9.17, 15) is 9.59 Å². The molecule has 2 atom stereocenters. The van der Waals surface area contributed by atoms with Crippen molar-refractivity contribution in [3.8, 4) is 5.75 Å². The van der Waals surface area contributed by atoms with Crippen molar-refractivity contribution in [1.82, 2.24) is 0 Å². The first-order valence-electron chi connectivity index (χ1n) is 7.48. The highest BCUT2D eigenvalue weighted by Gasteiger charge is 2.52. The Morgan fingerprint density at radius 3 is 3.09 bits per heavy atom. The molecule has 1 aliphatic carbocycles. The number of ether oxygens (including phenoxy) is 2. The molecule has 1 saturated carbocycles. The summed E-state index contributed by atoms with van der Waals surface area (Å²) < 4.78 is 10.8. The van der Waals surface area contributed by atoms with Crippen molar-refractivity contribution in [2.45, 2.75) is 31.8 Å². The van der Waals surface area contributed by atoms with E-state index in [0.29, 0.717) is 18.0 Å². The lowest BCUT2D eigenvalue weighted by atomic mass is 9.82. The van der Waals surface area contributed by atoms with E-state index in [0.717, 1.165) is 25.7 Å². The summed E-state index contributed by atoms with van der Waals surface area (Å²) in [5.74, 6) is -0.628. The number of carbonyl (C=O) groups is 2. The van der Waals surface area contributed by atoms with Gasteiger partial charge in [-0.2, -0.15) is 0 Å². The number of rotatable bonds is 5. The molecule has 0 radical (unpaired) electrons. The summed E-state index contributed by atoms with van der Waals surface area (Å²) in [4.78, 5) is 23.2. The van der Waals surface area contributed by atoms with Crippen LogP contribution in [0.2, 0.25) is 0 Å². The highest BCUT2D eigenvalue weighted by molar-refractivity contribution is 5.96. The molecule has 2 aliphatic rings. The number of fused-ring (bicyclic) bond motifs is 1. The molecule has 1 aromatic rings. The van der Waals surface area contributed by atoms with E-state index in [1.54, 1.807) is 24.3 Å². The third-order valence-corrected chi connectivity index (χ3v) is 4.48. The SMILES string of the molecule is O=C(O)COc1cccc(NC(=O)[C@]23CCC[C@H]2OCC3)c1. The molecule has 22 heavy (non-hydrogen) atoms. The summed E-state index contributed by atoms with van der Waals surface area (Å²) in [6.45, 7) is 0.233. The Bertz CT molecular complexity index is 576. The topological polar surface area (TPSA) is 84.9 Å². The van der Waals surface area contributed by atoms with Crippen LogP contribution in [-0.2, 0) is 14.3 Å². The predicted molar refractivity (Wildman–Crippen MR) is 78.8 cm³/mol. The van der Waals surface area contributed by atoms with Crippen LogP contribution in [0, 0.1) is 5.41 Å². The average molecular weight is 305 g/mol. The monoisotopic (exact) mass is 305 g/mol. The zero-order valence-electron chi connectivity index (χ0n) is 12.2. The zero-order chi connectivity index (χ0) is 15.6. The quantitative estimate of drug-likeness (QED) is 0.869. The Labute approximate surface area is 128 Å². The van der Waals surface area contributed by atoms with Gasteiger partial charge in [-0.05, 0) is 37.8 Å². The Morgan fingerprint density at radius 1 is 1.41 bits per heavy atom. The number of hydrogen-bond acceptors (Lipinski definition) is 4. The van der Waals surface area contributed by atoms with Gasteiger partial charge in [-0.3, -0.25) is 4.79 Å². The molecule has 3 rings (SSSR count). The minimum absolute atomic E-state index is 0.0112. The van der Waals surface area contributed by atoms with Crippen LogP contribution in [0.25, 0.3) is 0 Å². The third kappa shape index (κ3) is 2.78. The maximum absolute atomic E-state index is 12.7. The van der Waals surface area contributed by atoms with Crippen LogP contribution in [0.3, 0.4) is 0 Å². The van der Waals surface area contributed by atoms with Crippen molar-refractivity contribution in [2.75, 3.05) is 18.5 Å². The zero-order valence-corrected chi connectivity index (χ0v) is 12.2. The first kappa shape index (κ1) is 14.8. The number of carboxylic acid groups (broad SMARTS) is 1. The molecule has 0 spiro atoms. The molecular weight excluding hydrogens is 286 g/mol. The molecule has 2 N–H and O–H groups in total. The molecule has 0 unspecified atom stereocenters. The largest absolute Gasteiger partial charge is 0.482 e. The fourth-order valence-electron chi connectivity index (χ4n) is 3.39. The summed E-state index contributed by atoms with van der Waals surface area (Å²) in [6, 6.07) is 6.79. The van der Waals surface area contributed by atoms with E-state index >= 15 is 0 Å². The van der Waals surface area contributed by atoms with E-state index in [1.165, 1.54) is 0 Å². The molecule has 6 nitrogen and oxygen atoms in total. The highest BCUT2D eigenvalue weighted by atomic mass is 16.5. The lowest BCUT2D eigenvalue weighted by Crippen LogP contribution is -2.39. The van der Waals surface area contributed by atoms with Gasteiger partial charge in [-0.1, -0.05) is 6.07 Å². The summed E-state index contributed by atoms with van der Waals surface area (Å²) in [5.41, 5.74) is 0.206. The van der Waals surface area contributed by atoms with Gasteiger partial charge in [0.25, 0.3) is 0 Å². The molecule has 1 aliphatic heterocycles. The molecule has 1 amide bonds. The van der Waals surface area contributed by atoms with Crippen molar-refractivity contribution >= 4 is 17.6 Å². The summed E-state index contributed by atoms with van der Waals surface area (Å²) >= 11 is 0. The Kier molecular flexibility index (Phi) is 4.02. The van der Waals surface area contributed by atoms with E-state index in [1.807, 2.05) is 0 Å². The molecule has 0 aromatic heterocycles. The second-order valence-corrected chi connectivity index (χ2v) is 5.82. The molecule has 1 heterocycles. The molecule has 6 heteroatoms. The smallest absolute Gasteiger partial charge is 0.341 e. The molecular formula is C16H19NO5. The Morgan fingerprint density at radius 2 is 2.27 bits per heavy atom. The second kappa shape index (κ2) is 5.96. The molecule has 1 aromatic carbocycles. The number of aliphatic carboxylic acids is 1. The van der Waals surface area contributed by atoms with Crippen molar-refractivity contribution < 1.29 is 24.2 Å². The highest BCUT2D eigenvalue weighted by Crippen LogP contribution is 2.48. The molecule has 2 fully saturated rings. The van der Waals surface area contributed by atoms with Gasteiger partial charge in [0.1, 0.15) is 5.75 Å². The van der Waals surface area contributed by atoms with Gasteiger partial charge in [-0.25, -0.2) is 4.79 Å². The Balaban J connectivity index is 1.69. The predicted octanol–water partition coefficient (Wildman–Crippen LogP) is 2.05. The van der Waals surface area contributed by atoms with Crippen LogP contribution in [0.4, 0.5) is 5.69 Å². The Hall–Kier alpha value is -2.08. The second-order valence-electron chi connectivity index (χ2n) is 5.82. The first-order valence-corrected chi connectivity index (χ1v) is 7.48. The number of nitrogens with one attached hydrogen (secondary N) is 1. The number of benzene rings is 1. The first-order chi connectivity index (χ1) is 10.6. The van der Waals surface area contributed by atoms with Gasteiger partial charge in [0.2, 0.25) is 5.91 Å². The van der Waals surface area contributed by atoms with Crippen molar-refractivity contribution in [2.24, 2.45) is 5.41 Å². The number of carboxylic acids is 1. The maximum atomic E-state index is 12.7. The van der Waals surface area contributed by atoms with Gasteiger partial charge >= 0.3 is 5.97 Å². The van der Waals surface area contributed by atoms with Crippen LogP contribution in [-0.4, -0.2) is 36.3 Å². The summed E-state index contributed by atoms with van der Waals surface area (Å²) in [6.07, 6.45) is 3.60. The van der Waals surface area contributed by atoms with Gasteiger partial charge in [0.05, 0.1) is 11.5 Å². The van der Waals surface area contributed by atoms with Crippen molar-refractivity contribution in [3.63, 3.8) is 0 Å². The third-order valence-electron chi connectivity index (χ3n) is 4.48. The van der Waals surface area contributed by atoms with Crippen LogP contribution in [0.5, 0.6) is 5.75 Å². The lowest BCUT2D eigenvalue weighted by molar-refractivity contribution is -0.139. The summed E-state index contributed by atoms with van der Waals surface area (Å²) in [7, 11) is 0. The van der Waals surface area contributed by atoms with E-state index in [2.05, 4.69) is 5.32 Å². The summed E-state index contributed by atoms with van der Waals surface area (Å²) in [5, 5.41) is 11.6. The number of hydrogen-bond donors (Lipinski definition) is 2. The van der Waals surface area contributed by atoms with Crippen LogP contribution >= 0.6 is 0 Å². The van der Waals surface area contributed by atoms with E-state index < -0.39 is 18.0 Å². The van der Waals surface area contributed by atoms with Crippen LogP contribution < -0.4 is 10.1 Å². The average Bonchev–Trinajstić information content (AvgIpc) is 3.06. The molecule has 118 valence electrons. The minimum Gasteiger partial charge on any atom is -0.482 e. The normalized spacial score (nSPS) is 26.5. The van der Waals surface area contributed by atoms with Gasteiger partial charge < -0.3 is 19.9 Å². The number of amides is 1. The molecule has 1 saturated heterocycles. The van der Waals surface area contributed by atoms with Crippen LogP contribution in [0.1, 0.15) is 25.7 Å². The standard InChI is InChI=1S/C16H19NO5/c18-14(19)10-22-12-4-1-3-11(9-12)17-15(20)16-6-2-5-13(16)21-8-7-16/h1,3-4,9,13H,2,5-8,10H2,(H,17,20)(H,18,19)/t13-,16+/m1/s1. The van der Waals surface area contributed by atoms with E-state index in [4.69, 9.17) is 14.6 Å². The fourth-order valence-corrected chi connectivity index (χ4v) is 3.39. The van der Waals surface area contributed by atoms with Gasteiger partial charge in [-0.15, -0.1) is 0 Å². The molecule has 0 bridgehead atoms. The lowest BCUT2D eigenvalue weighted by Gasteiger charge is -2.26. The number of anilines is 1. The van der Waals surface area contributed by atoms with Crippen LogP contribution in [0.15, 0.2) is 24.3 Å². The fraction of sp³-hybridized carbons (Fsp3) is 0.500. The maximum Gasteiger partial charge on any atom is 0.341 e. The van der Waals surface area contributed by atoms with Gasteiger partial charge in [0.15, 0.2) is 6.61 Å². The number of carbonyl (C=O) groups excluding carboxylic acids is 1. The van der Waals surface area contributed by atoms with E-state index in [-0.39, 0.29) is 12.0 Å². The van der Waals surface area contributed by atoms with Crippen molar-refractivity contribution in [1.29, 1.82) is 0 Å². The minimum atomic E-state index is -1.04. The van der Waals surface area contributed by atoms with Crippen molar-refractivity contribution in [3.05, 3.63) is 24.3 Å². The van der Waals surface area contributed by atoms with Gasteiger partial charge in [0, 0.05) is 18.4 Å².